The van der Waals surface area contributed by atoms with Crippen molar-refractivity contribution in [1.29, 1.82) is 0 Å². The number of aryl methyl sites for hydroxylation is 1. The number of rotatable bonds is 7. The molecule has 1 atom stereocenters. The second-order valence-corrected chi connectivity index (χ2v) is 5.79. The molecule has 0 aliphatic carbocycles. The highest BCUT2D eigenvalue weighted by Crippen LogP contribution is 2.26. The fourth-order valence-corrected chi connectivity index (χ4v) is 2.92. The second-order valence-electron chi connectivity index (χ2n) is 5.17. The lowest BCUT2D eigenvalue weighted by Crippen LogP contribution is -1.98. The van der Waals surface area contributed by atoms with E-state index >= 15 is 0 Å². The first-order valence-electron chi connectivity index (χ1n) is 7.18. The van der Waals surface area contributed by atoms with Crippen LogP contribution in [0.5, 0.6) is 5.75 Å². The van der Waals surface area contributed by atoms with Gasteiger partial charge in [-0.2, -0.15) is 0 Å². The van der Waals surface area contributed by atoms with Gasteiger partial charge in [-0.1, -0.05) is 31.9 Å². The first-order chi connectivity index (χ1) is 8.79. The van der Waals surface area contributed by atoms with Gasteiger partial charge in [-0.05, 0) is 42.9 Å². The topological polar surface area (TPSA) is 9.23 Å². The summed E-state index contributed by atoms with van der Waals surface area (Å²) in [6.07, 6.45) is 8.22. The van der Waals surface area contributed by atoms with Crippen LogP contribution in [0.25, 0.3) is 0 Å². The molecule has 2 rings (SSSR count). The molecule has 1 aliphatic rings. The van der Waals surface area contributed by atoms with Crippen LogP contribution in [0, 0.1) is 0 Å². The Labute approximate surface area is 115 Å². The van der Waals surface area contributed by atoms with E-state index < -0.39 is 0 Å². The summed E-state index contributed by atoms with van der Waals surface area (Å²) >= 11 is 6.22. The third kappa shape index (κ3) is 3.91. The zero-order valence-corrected chi connectivity index (χ0v) is 12.0. The Bertz CT molecular complexity index is 375. The lowest BCUT2D eigenvalue weighted by atomic mass is 10.0. The molecule has 0 amide bonds. The summed E-state index contributed by atoms with van der Waals surface area (Å²) in [5.41, 5.74) is 2.83. The van der Waals surface area contributed by atoms with Gasteiger partial charge >= 0.3 is 0 Å². The SMILES string of the molecule is CCCC(Cl)CCCCc1ccc2c(c1)CCO2. The molecule has 0 bridgehead atoms. The number of unbranched alkanes of at least 4 members (excludes halogenated alkanes) is 1. The van der Waals surface area contributed by atoms with Gasteiger partial charge in [0.1, 0.15) is 5.75 Å². The first kappa shape index (κ1) is 13.7. The minimum atomic E-state index is 0.378. The summed E-state index contributed by atoms with van der Waals surface area (Å²) in [5.74, 6) is 1.09. The Morgan fingerprint density at radius 2 is 2.17 bits per heavy atom. The van der Waals surface area contributed by atoms with E-state index in [2.05, 4.69) is 25.1 Å². The van der Waals surface area contributed by atoms with Crippen LogP contribution in [0.2, 0.25) is 0 Å². The van der Waals surface area contributed by atoms with E-state index in [0.717, 1.165) is 31.6 Å². The van der Waals surface area contributed by atoms with Gasteiger partial charge in [-0.3, -0.25) is 0 Å². The van der Waals surface area contributed by atoms with Crippen molar-refractivity contribution < 1.29 is 4.74 Å². The van der Waals surface area contributed by atoms with Crippen molar-refractivity contribution in [3.8, 4) is 5.75 Å². The largest absolute Gasteiger partial charge is 0.493 e. The fourth-order valence-electron chi connectivity index (χ4n) is 2.55. The quantitative estimate of drug-likeness (QED) is 0.512. The molecule has 1 aliphatic heterocycles. The molecular weight excluding hydrogens is 244 g/mol. The van der Waals surface area contributed by atoms with Crippen LogP contribution in [0.1, 0.15) is 50.2 Å². The number of hydrogen-bond acceptors (Lipinski definition) is 1. The van der Waals surface area contributed by atoms with Crippen molar-refractivity contribution in [1.82, 2.24) is 0 Å². The van der Waals surface area contributed by atoms with Crippen LogP contribution >= 0.6 is 11.6 Å². The summed E-state index contributed by atoms with van der Waals surface area (Å²) in [6, 6.07) is 6.64. The summed E-state index contributed by atoms with van der Waals surface area (Å²) in [5, 5.41) is 0.378. The molecular formula is C16H23ClO. The van der Waals surface area contributed by atoms with Crippen molar-refractivity contribution >= 4 is 11.6 Å². The zero-order valence-electron chi connectivity index (χ0n) is 11.3. The summed E-state index contributed by atoms with van der Waals surface area (Å²) < 4.78 is 5.52. The number of halogens is 1. The summed E-state index contributed by atoms with van der Waals surface area (Å²) in [4.78, 5) is 0. The van der Waals surface area contributed by atoms with E-state index in [1.807, 2.05) is 0 Å². The predicted octanol–water partition coefficient (Wildman–Crippen LogP) is 4.74. The molecule has 2 heteroatoms. The number of benzene rings is 1. The molecule has 0 radical (unpaired) electrons. The summed E-state index contributed by atoms with van der Waals surface area (Å²) in [7, 11) is 0. The molecule has 1 aromatic carbocycles. The maximum absolute atomic E-state index is 6.22. The molecule has 1 unspecified atom stereocenters. The maximum Gasteiger partial charge on any atom is 0.122 e. The Hall–Kier alpha value is -0.690. The van der Waals surface area contributed by atoms with Gasteiger partial charge in [0.05, 0.1) is 6.61 Å². The van der Waals surface area contributed by atoms with Crippen LogP contribution in [0.15, 0.2) is 18.2 Å². The van der Waals surface area contributed by atoms with E-state index in [0.29, 0.717) is 5.38 Å². The van der Waals surface area contributed by atoms with Gasteiger partial charge in [-0.15, -0.1) is 11.6 Å². The number of hydrogen-bond donors (Lipinski definition) is 0. The van der Waals surface area contributed by atoms with Crippen molar-refractivity contribution in [3.63, 3.8) is 0 Å². The molecule has 1 aromatic rings. The van der Waals surface area contributed by atoms with Crippen LogP contribution in [-0.2, 0) is 12.8 Å². The standard InChI is InChI=1S/C16H23ClO/c1-2-5-15(17)7-4-3-6-13-8-9-16-14(12-13)10-11-18-16/h8-9,12,15H,2-7,10-11H2,1H3. The highest BCUT2D eigenvalue weighted by Gasteiger charge is 2.11. The average Bonchev–Trinajstić information content (AvgIpc) is 2.82. The molecule has 1 nitrogen and oxygen atoms in total. The highest BCUT2D eigenvalue weighted by atomic mass is 35.5. The molecule has 0 fully saturated rings. The lowest BCUT2D eigenvalue weighted by molar-refractivity contribution is 0.357. The third-order valence-corrected chi connectivity index (χ3v) is 4.03. The number of fused-ring (bicyclic) bond motifs is 1. The Morgan fingerprint density at radius 1 is 1.28 bits per heavy atom. The first-order valence-corrected chi connectivity index (χ1v) is 7.62. The van der Waals surface area contributed by atoms with Crippen LogP contribution in [-0.4, -0.2) is 12.0 Å². The van der Waals surface area contributed by atoms with Gasteiger partial charge in [-0.25, -0.2) is 0 Å². The van der Waals surface area contributed by atoms with E-state index in [9.17, 15) is 0 Å². The van der Waals surface area contributed by atoms with Crippen LogP contribution < -0.4 is 4.74 Å². The molecule has 0 saturated heterocycles. The van der Waals surface area contributed by atoms with Crippen molar-refractivity contribution in [3.05, 3.63) is 29.3 Å². The molecule has 0 aromatic heterocycles. The zero-order chi connectivity index (χ0) is 12.8. The minimum Gasteiger partial charge on any atom is -0.493 e. The average molecular weight is 267 g/mol. The third-order valence-electron chi connectivity index (χ3n) is 3.59. The Balaban J connectivity index is 1.70. The van der Waals surface area contributed by atoms with Crippen molar-refractivity contribution in [2.24, 2.45) is 0 Å². The summed E-state index contributed by atoms with van der Waals surface area (Å²) in [6.45, 7) is 3.05. The minimum absolute atomic E-state index is 0.378. The molecule has 18 heavy (non-hydrogen) atoms. The highest BCUT2D eigenvalue weighted by molar-refractivity contribution is 6.20. The normalized spacial score (nSPS) is 15.2. The van der Waals surface area contributed by atoms with Gasteiger partial charge in [0.15, 0.2) is 0 Å². The van der Waals surface area contributed by atoms with Crippen LogP contribution in [0.4, 0.5) is 0 Å². The predicted molar refractivity (Wildman–Crippen MR) is 77.7 cm³/mol. The molecule has 0 N–H and O–H groups in total. The molecule has 100 valence electrons. The number of ether oxygens (including phenoxy) is 1. The van der Waals surface area contributed by atoms with E-state index in [4.69, 9.17) is 16.3 Å². The van der Waals surface area contributed by atoms with Gasteiger partial charge < -0.3 is 4.74 Å². The lowest BCUT2D eigenvalue weighted by Gasteiger charge is -2.08. The van der Waals surface area contributed by atoms with Crippen molar-refractivity contribution in [2.75, 3.05) is 6.61 Å². The van der Waals surface area contributed by atoms with Gasteiger partial charge in [0.25, 0.3) is 0 Å². The molecule has 0 saturated carbocycles. The van der Waals surface area contributed by atoms with Crippen LogP contribution in [0.3, 0.4) is 0 Å². The smallest absolute Gasteiger partial charge is 0.122 e. The Morgan fingerprint density at radius 3 is 3.00 bits per heavy atom. The van der Waals surface area contributed by atoms with Crippen molar-refractivity contribution in [2.45, 2.75) is 57.2 Å². The monoisotopic (exact) mass is 266 g/mol. The van der Waals surface area contributed by atoms with Gasteiger partial charge in [0, 0.05) is 11.8 Å². The van der Waals surface area contributed by atoms with E-state index in [-0.39, 0.29) is 0 Å². The molecule has 1 heterocycles. The maximum atomic E-state index is 6.22. The fraction of sp³-hybridized carbons (Fsp3) is 0.625. The van der Waals surface area contributed by atoms with Gasteiger partial charge in [0.2, 0.25) is 0 Å². The number of alkyl halides is 1. The van der Waals surface area contributed by atoms with E-state index in [1.165, 1.54) is 36.8 Å². The molecule has 0 spiro atoms. The second kappa shape index (κ2) is 7.04. The van der Waals surface area contributed by atoms with E-state index in [1.54, 1.807) is 0 Å². The Kier molecular flexibility index (Phi) is 5.37.